The number of carbonyl (C=O) groups is 1. The quantitative estimate of drug-likeness (QED) is 0.763. The number of carbonyl (C=O) groups excluding carboxylic acids is 1. The van der Waals surface area contributed by atoms with Gasteiger partial charge in [0.2, 0.25) is 5.91 Å². The molecule has 1 N–H and O–H groups in total. The third-order valence-electron chi connectivity index (χ3n) is 2.14. The molecular formula is C12H17BrNO4P. The average molecular weight is 350 g/mol. The molecule has 0 bridgehead atoms. The first kappa shape index (κ1) is 16.4. The van der Waals surface area contributed by atoms with Crippen LogP contribution in [-0.4, -0.2) is 25.3 Å². The van der Waals surface area contributed by atoms with E-state index in [0.717, 1.165) is 4.47 Å². The van der Waals surface area contributed by atoms with Crippen molar-refractivity contribution in [2.24, 2.45) is 0 Å². The molecule has 0 heterocycles. The second-order valence-corrected chi connectivity index (χ2v) is 6.54. The molecule has 0 aliphatic heterocycles. The number of amides is 1. The minimum atomic E-state index is -3.35. The lowest BCUT2D eigenvalue weighted by atomic mass is 10.3. The van der Waals surface area contributed by atoms with E-state index >= 15 is 0 Å². The molecule has 1 rings (SSSR count). The second kappa shape index (κ2) is 7.80. The van der Waals surface area contributed by atoms with Gasteiger partial charge in [-0.2, -0.15) is 0 Å². The lowest BCUT2D eigenvalue weighted by molar-refractivity contribution is -0.114. The first-order chi connectivity index (χ1) is 9.00. The summed E-state index contributed by atoms with van der Waals surface area (Å²) < 4.78 is 23.1. The van der Waals surface area contributed by atoms with E-state index < -0.39 is 13.5 Å². The number of para-hydroxylation sites is 1. The summed E-state index contributed by atoms with van der Waals surface area (Å²) in [5, 5.41) is 2.66. The largest absolute Gasteiger partial charge is 0.340 e. The molecular weight excluding hydrogens is 333 g/mol. The molecule has 0 aromatic heterocycles. The fraction of sp³-hybridized carbons (Fsp3) is 0.417. The fourth-order valence-electron chi connectivity index (χ4n) is 1.45. The van der Waals surface area contributed by atoms with E-state index in [1.807, 2.05) is 6.07 Å². The van der Waals surface area contributed by atoms with E-state index in [9.17, 15) is 9.36 Å². The number of halogens is 1. The molecule has 106 valence electrons. The Morgan fingerprint density at radius 1 is 1.26 bits per heavy atom. The van der Waals surface area contributed by atoms with E-state index in [4.69, 9.17) is 9.05 Å². The predicted octanol–water partition coefficient (Wildman–Crippen LogP) is 3.65. The zero-order chi connectivity index (χ0) is 14.3. The van der Waals surface area contributed by atoms with E-state index in [2.05, 4.69) is 21.2 Å². The summed E-state index contributed by atoms with van der Waals surface area (Å²) in [7, 11) is -3.35. The van der Waals surface area contributed by atoms with Crippen molar-refractivity contribution in [1.29, 1.82) is 0 Å². The van der Waals surface area contributed by atoms with Crippen molar-refractivity contribution < 1.29 is 18.4 Å². The zero-order valence-corrected chi connectivity index (χ0v) is 13.4. The number of hydrogen-bond acceptors (Lipinski definition) is 4. The van der Waals surface area contributed by atoms with Crippen LogP contribution in [0.3, 0.4) is 0 Å². The topological polar surface area (TPSA) is 64.6 Å². The molecule has 19 heavy (non-hydrogen) atoms. The van der Waals surface area contributed by atoms with Crippen LogP contribution in [0.2, 0.25) is 0 Å². The molecule has 0 unspecified atom stereocenters. The summed E-state index contributed by atoms with van der Waals surface area (Å²) in [4.78, 5) is 11.9. The third-order valence-corrected chi connectivity index (χ3v) is 4.81. The molecule has 0 atom stereocenters. The second-order valence-electron chi connectivity index (χ2n) is 3.63. The van der Waals surface area contributed by atoms with Gasteiger partial charge < -0.3 is 14.4 Å². The number of nitrogens with one attached hydrogen (secondary N) is 1. The van der Waals surface area contributed by atoms with Gasteiger partial charge in [0.15, 0.2) is 0 Å². The van der Waals surface area contributed by atoms with Crippen LogP contribution >= 0.6 is 23.5 Å². The highest BCUT2D eigenvalue weighted by atomic mass is 79.9. The lowest BCUT2D eigenvalue weighted by Gasteiger charge is -2.16. The van der Waals surface area contributed by atoms with E-state index in [1.165, 1.54) is 0 Å². The van der Waals surface area contributed by atoms with Gasteiger partial charge >= 0.3 is 7.60 Å². The fourth-order valence-corrected chi connectivity index (χ4v) is 3.31. The van der Waals surface area contributed by atoms with Crippen LogP contribution in [0.15, 0.2) is 28.7 Å². The van der Waals surface area contributed by atoms with Gasteiger partial charge in [0, 0.05) is 4.47 Å². The molecule has 0 aliphatic rings. The highest BCUT2D eigenvalue weighted by Crippen LogP contribution is 2.47. The number of rotatable bonds is 7. The van der Waals surface area contributed by atoms with Crippen molar-refractivity contribution in [3.05, 3.63) is 28.7 Å². The monoisotopic (exact) mass is 349 g/mol. The normalized spacial score (nSPS) is 11.3. The maximum atomic E-state index is 12.2. The Bertz CT molecular complexity index is 471. The van der Waals surface area contributed by atoms with E-state index in [0.29, 0.717) is 5.69 Å². The SMILES string of the molecule is CCOP(=O)(CC(=O)Nc1ccccc1Br)OCC. The van der Waals surface area contributed by atoms with E-state index in [-0.39, 0.29) is 19.4 Å². The summed E-state index contributed by atoms with van der Waals surface area (Å²) in [6, 6.07) is 7.19. The lowest BCUT2D eigenvalue weighted by Crippen LogP contribution is -2.18. The number of hydrogen-bond donors (Lipinski definition) is 1. The molecule has 1 aromatic carbocycles. The Hall–Kier alpha value is -0.680. The minimum Gasteiger partial charge on any atom is -0.325 e. The van der Waals surface area contributed by atoms with Crippen LogP contribution in [-0.2, 0) is 18.4 Å². The summed E-state index contributed by atoms with van der Waals surface area (Å²) in [6.45, 7) is 3.88. The highest BCUT2D eigenvalue weighted by Gasteiger charge is 2.27. The molecule has 0 saturated carbocycles. The maximum absolute atomic E-state index is 12.2. The summed E-state index contributed by atoms with van der Waals surface area (Å²) in [6.07, 6.45) is -0.296. The molecule has 1 amide bonds. The molecule has 0 radical (unpaired) electrons. The first-order valence-electron chi connectivity index (χ1n) is 5.93. The Morgan fingerprint density at radius 3 is 2.37 bits per heavy atom. The van der Waals surface area contributed by atoms with Crippen molar-refractivity contribution >= 4 is 35.1 Å². The van der Waals surface area contributed by atoms with Crippen LogP contribution in [0.4, 0.5) is 5.69 Å². The minimum absolute atomic E-state index is 0.236. The molecule has 0 spiro atoms. The van der Waals surface area contributed by atoms with Gasteiger partial charge in [-0.1, -0.05) is 12.1 Å². The van der Waals surface area contributed by atoms with Crippen molar-refractivity contribution in [3.8, 4) is 0 Å². The first-order valence-corrected chi connectivity index (χ1v) is 8.45. The Balaban J connectivity index is 2.68. The van der Waals surface area contributed by atoms with Crippen molar-refractivity contribution in [2.45, 2.75) is 13.8 Å². The molecule has 7 heteroatoms. The van der Waals surface area contributed by atoms with Crippen molar-refractivity contribution in [2.75, 3.05) is 24.7 Å². The summed E-state index contributed by atoms with van der Waals surface area (Å²) in [5.74, 6) is -0.405. The van der Waals surface area contributed by atoms with Gasteiger partial charge in [-0.25, -0.2) is 0 Å². The van der Waals surface area contributed by atoms with Gasteiger partial charge in [0.25, 0.3) is 0 Å². The molecule has 5 nitrogen and oxygen atoms in total. The van der Waals surface area contributed by atoms with Crippen molar-refractivity contribution in [1.82, 2.24) is 0 Å². The zero-order valence-electron chi connectivity index (χ0n) is 10.9. The standard InChI is InChI=1S/C12H17BrNO4P/c1-3-17-19(16,18-4-2)9-12(15)14-11-8-6-5-7-10(11)13/h5-8H,3-4,9H2,1-2H3,(H,14,15). The van der Waals surface area contributed by atoms with Gasteiger partial charge in [-0.3, -0.25) is 9.36 Å². The van der Waals surface area contributed by atoms with Crippen molar-refractivity contribution in [3.63, 3.8) is 0 Å². The summed E-state index contributed by atoms with van der Waals surface area (Å²) >= 11 is 3.32. The molecule has 0 saturated heterocycles. The molecule has 0 fully saturated rings. The Morgan fingerprint density at radius 2 is 1.84 bits per heavy atom. The number of benzene rings is 1. The smallest absolute Gasteiger partial charge is 0.325 e. The van der Waals surface area contributed by atoms with Gasteiger partial charge in [-0.15, -0.1) is 0 Å². The van der Waals surface area contributed by atoms with Crippen LogP contribution in [0.1, 0.15) is 13.8 Å². The summed E-state index contributed by atoms with van der Waals surface area (Å²) in [5.41, 5.74) is 0.618. The maximum Gasteiger partial charge on any atom is 0.340 e. The Labute approximate surface area is 121 Å². The van der Waals surface area contributed by atoms with E-state index in [1.54, 1.807) is 32.0 Å². The third kappa shape index (κ3) is 5.45. The Kier molecular flexibility index (Phi) is 6.72. The van der Waals surface area contributed by atoms with Crippen LogP contribution in [0.25, 0.3) is 0 Å². The molecule has 1 aromatic rings. The average Bonchev–Trinajstić information content (AvgIpc) is 2.32. The van der Waals surface area contributed by atoms with Crippen LogP contribution < -0.4 is 5.32 Å². The molecule has 0 aliphatic carbocycles. The van der Waals surface area contributed by atoms with Crippen LogP contribution in [0.5, 0.6) is 0 Å². The van der Waals surface area contributed by atoms with Gasteiger partial charge in [0.05, 0.1) is 18.9 Å². The number of anilines is 1. The van der Waals surface area contributed by atoms with Gasteiger partial charge in [0.1, 0.15) is 6.16 Å². The predicted molar refractivity (Wildman–Crippen MR) is 78.5 cm³/mol. The highest BCUT2D eigenvalue weighted by molar-refractivity contribution is 9.10. The van der Waals surface area contributed by atoms with Gasteiger partial charge in [-0.05, 0) is 41.9 Å². The van der Waals surface area contributed by atoms with Crippen LogP contribution in [0, 0.1) is 0 Å².